The van der Waals surface area contributed by atoms with Crippen LogP contribution >= 0.6 is 11.3 Å². The lowest BCUT2D eigenvalue weighted by molar-refractivity contribution is 0.146. The smallest absolute Gasteiger partial charge is 0.123 e. The Bertz CT molecular complexity index is 560. The first-order valence-corrected chi connectivity index (χ1v) is 8.52. The molecule has 0 fully saturated rings. The summed E-state index contributed by atoms with van der Waals surface area (Å²) in [5.41, 5.74) is 2.02. The van der Waals surface area contributed by atoms with E-state index in [1.165, 1.54) is 4.88 Å². The Kier molecular flexibility index (Phi) is 5.54. The molecule has 1 heterocycles. The number of benzene rings is 1. The van der Waals surface area contributed by atoms with Gasteiger partial charge in [0.15, 0.2) is 0 Å². The molecular formula is C18H25NOS. The molecule has 0 radical (unpaired) electrons. The quantitative estimate of drug-likeness (QED) is 0.806. The number of nitrogens with zero attached hydrogens (tertiary/aromatic N) is 1. The largest absolute Gasteiger partial charge is 0.387 e. The van der Waals surface area contributed by atoms with Gasteiger partial charge in [0.1, 0.15) is 5.01 Å². The highest BCUT2D eigenvalue weighted by Crippen LogP contribution is 2.34. The number of hydrogen-bond donors (Lipinski definition) is 1. The predicted molar refractivity (Wildman–Crippen MR) is 90.5 cm³/mol. The number of aromatic nitrogens is 1. The molecule has 2 aromatic rings. The van der Waals surface area contributed by atoms with Crippen LogP contribution in [-0.4, -0.2) is 10.1 Å². The fraction of sp³-hybridized carbons (Fsp3) is 0.500. The molecule has 2 nitrogen and oxygen atoms in total. The van der Waals surface area contributed by atoms with Gasteiger partial charge in [-0.1, -0.05) is 58.0 Å². The van der Waals surface area contributed by atoms with Crippen molar-refractivity contribution in [2.75, 3.05) is 0 Å². The first kappa shape index (κ1) is 16.2. The van der Waals surface area contributed by atoms with Crippen LogP contribution in [0, 0.1) is 11.8 Å². The Morgan fingerprint density at radius 2 is 1.71 bits per heavy atom. The lowest BCUT2D eigenvalue weighted by atomic mass is 10.0. The van der Waals surface area contributed by atoms with E-state index in [1.807, 2.05) is 18.2 Å². The molecule has 0 bridgehead atoms. The fourth-order valence-corrected chi connectivity index (χ4v) is 3.74. The Labute approximate surface area is 131 Å². The summed E-state index contributed by atoms with van der Waals surface area (Å²) in [4.78, 5) is 5.99. The summed E-state index contributed by atoms with van der Waals surface area (Å²) in [7, 11) is 0. The SMILES string of the molecule is CC(C)Cc1sc(-c2ccccc2)nc1C(O)CC(C)C. The maximum absolute atomic E-state index is 10.5. The molecule has 0 aliphatic rings. The molecule has 1 aromatic carbocycles. The summed E-state index contributed by atoms with van der Waals surface area (Å²) in [6.07, 6.45) is 1.30. The zero-order valence-corrected chi connectivity index (χ0v) is 14.2. The van der Waals surface area contributed by atoms with E-state index in [1.54, 1.807) is 11.3 Å². The van der Waals surface area contributed by atoms with E-state index in [9.17, 15) is 5.11 Å². The van der Waals surface area contributed by atoms with Gasteiger partial charge in [-0.15, -0.1) is 11.3 Å². The van der Waals surface area contributed by atoms with Gasteiger partial charge in [-0.05, 0) is 24.7 Å². The van der Waals surface area contributed by atoms with Crippen molar-refractivity contribution in [3.05, 3.63) is 40.9 Å². The van der Waals surface area contributed by atoms with Crippen LogP contribution < -0.4 is 0 Å². The molecule has 114 valence electrons. The van der Waals surface area contributed by atoms with Crippen molar-refractivity contribution in [1.82, 2.24) is 4.98 Å². The van der Waals surface area contributed by atoms with Crippen LogP contribution in [0.3, 0.4) is 0 Å². The maximum atomic E-state index is 10.5. The second-order valence-corrected chi connectivity index (χ2v) is 7.52. The van der Waals surface area contributed by atoms with Gasteiger partial charge in [0.05, 0.1) is 11.8 Å². The molecule has 3 heteroatoms. The van der Waals surface area contributed by atoms with Crippen molar-refractivity contribution in [3.63, 3.8) is 0 Å². The van der Waals surface area contributed by atoms with Gasteiger partial charge in [0, 0.05) is 10.4 Å². The van der Waals surface area contributed by atoms with Crippen LogP contribution in [0.1, 0.15) is 50.8 Å². The monoisotopic (exact) mass is 303 g/mol. The zero-order chi connectivity index (χ0) is 15.4. The number of thiazole rings is 1. The highest BCUT2D eigenvalue weighted by Gasteiger charge is 2.20. The Hall–Kier alpha value is -1.19. The summed E-state index contributed by atoms with van der Waals surface area (Å²) >= 11 is 1.73. The molecular weight excluding hydrogens is 278 g/mol. The van der Waals surface area contributed by atoms with E-state index in [2.05, 4.69) is 39.8 Å². The van der Waals surface area contributed by atoms with Gasteiger partial charge < -0.3 is 5.11 Å². The van der Waals surface area contributed by atoms with Crippen LogP contribution in [0.2, 0.25) is 0 Å². The van der Waals surface area contributed by atoms with E-state index in [4.69, 9.17) is 4.98 Å². The zero-order valence-electron chi connectivity index (χ0n) is 13.3. The molecule has 21 heavy (non-hydrogen) atoms. The average molecular weight is 303 g/mol. The van der Waals surface area contributed by atoms with E-state index in [0.717, 1.165) is 29.1 Å². The van der Waals surface area contributed by atoms with Gasteiger partial charge >= 0.3 is 0 Å². The van der Waals surface area contributed by atoms with Crippen molar-refractivity contribution in [2.24, 2.45) is 11.8 Å². The van der Waals surface area contributed by atoms with Gasteiger partial charge in [0.25, 0.3) is 0 Å². The Balaban J connectivity index is 2.35. The summed E-state index contributed by atoms with van der Waals surface area (Å²) in [6.45, 7) is 8.69. The first-order chi connectivity index (χ1) is 9.97. The minimum absolute atomic E-state index is 0.451. The third-order valence-corrected chi connectivity index (χ3v) is 4.49. The molecule has 0 saturated carbocycles. The minimum atomic E-state index is -0.451. The lowest BCUT2D eigenvalue weighted by Gasteiger charge is -2.13. The average Bonchev–Trinajstić information content (AvgIpc) is 2.82. The van der Waals surface area contributed by atoms with Crippen molar-refractivity contribution < 1.29 is 5.11 Å². The Morgan fingerprint density at radius 1 is 1.05 bits per heavy atom. The van der Waals surface area contributed by atoms with Crippen LogP contribution in [0.5, 0.6) is 0 Å². The molecule has 1 aromatic heterocycles. The van der Waals surface area contributed by atoms with Crippen LogP contribution in [-0.2, 0) is 6.42 Å². The van der Waals surface area contributed by atoms with Crippen molar-refractivity contribution in [2.45, 2.75) is 46.6 Å². The summed E-state index contributed by atoms with van der Waals surface area (Å²) < 4.78 is 0. The van der Waals surface area contributed by atoms with E-state index < -0.39 is 6.10 Å². The standard InChI is InChI=1S/C18H25NOS/c1-12(2)10-15(20)17-16(11-13(3)4)21-18(19-17)14-8-6-5-7-9-14/h5-9,12-13,15,20H,10-11H2,1-4H3. The molecule has 1 atom stereocenters. The number of rotatable bonds is 6. The topological polar surface area (TPSA) is 33.1 Å². The van der Waals surface area contributed by atoms with Gasteiger partial charge in [0.2, 0.25) is 0 Å². The van der Waals surface area contributed by atoms with Gasteiger partial charge in [-0.2, -0.15) is 0 Å². The summed E-state index contributed by atoms with van der Waals surface area (Å²) in [5, 5.41) is 11.5. The Morgan fingerprint density at radius 3 is 2.29 bits per heavy atom. The second-order valence-electron chi connectivity index (χ2n) is 6.44. The van der Waals surface area contributed by atoms with Crippen LogP contribution in [0.25, 0.3) is 10.6 Å². The normalized spacial score (nSPS) is 13.1. The minimum Gasteiger partial charge on any atom is -0.387 e. The van der Waals surface area contributed by atoms with Gasteiger partial charge in [-0.3, -0.25) is 0 Å². The third-order valence-electron chi connectivity index (χ3n) is 3.35. The number of aliphatic hydroxyl groups is 1. The molecule has 0 aliphatic carbocycles. The molecule has 0 spiro atoms. The van der Waals surface area contributed by atoms with Gasteiger partial charge in [-0.25, -0.2) is 4.98 Å². The van der Waals surface area contributed by atoms with Crippen LogP contribution in [0.15, 0.2) is 30.3 Å². The number of hydrogen-bond acceptors (Lipinski definition) is 3. The van der Waals surface area contributed by atoms with E-state index in [-0.39, 0.29) is 0 Å². The molecule has 2 rings (SSSR count). The first-order valence-electron chi connectivity index (χ1n) is 7.70. The van der Waals surface area contributed by atoms with Crippen molar-refractivity contribution >= 4 is 11.3 Å². The predicted octanol–water partition coefficient (Wildman–Crippen LogP) is 5.09. The lowest BCUT2D eigenvalue weighted by Crippen LogP contribution is -2.06. The highest BCUT2D eigenvalue weighted by molar-refractivity contribution is 7.15. The van der Waals surface area contributed by atoms with E-state index >= 15 is 0 Å². The molecule has 0 amide bonds. The molecule has 1 unspecified atom stereocenters. The van der Waals surface area contributed by atoms with Crippen molar-refractivity contribution in [1.29, 1.82) is 0 Å². The number of aliphatic hydroxyl groups excluding tert-OH is 1. The second kappa shape index (κ2) is 7.19. The third kappa shape index (κ3) is 4.39. The summed E-state index contributed by atoms with van der Waals surface area (Å²) in [5.74, 6) is 1.04. The summed E-state index contributed by atoms with van der Waals surface area (Å²) in [6, 6.07) is 10.2. The fourth-order valence-electron chi connectivity index (χ4n) is 2.40. The molecule has 0 saturated heterocycles. The van der Waals surface area contributed by atoms with Crippen molar-refractivity contribution in [3.8, 4) is 10.6 Å². The van der Waals surface area contributed by atoms with E-state index in [0.29, 0.717) is 11.8 Å². The molecule has 1 N–H and O–H groups in total. The highest BCUT2D eigenvalue weighted by atomic mass is 32.1. The van der Waals surface area contributed by atoms with Crippen LogP contribution in [0.4, 0.5) is 0 Å². The maximum Gasteiger partial charge on any atom is 0.123 e. The molecule has 0 aliphatic heterocycles.